The molecule has 0 fully saturated rings. The van der Waals surface area contributed by atoms with Crippen LogP contribution in [0.4, 0.5) is 0 Å². The van der Waals surface area contributed by atoms with E-state index in [-0.39, 0.29) is 11.7 Å². The van der Waals surface area contributed by atoms with Gasteiger partial charge in [0.15, 0.2) is 11.7 Å². The van der Waals surface area contributed by atoms with Crippen molar-refractivity contribution in [2.24, 2.45) is 0 Å². The molecule has 0 radical (unpaired) electrons. The minimum Gasteiger partial charge on any atom is -0.477 e. The first-order valence-corrected chi connectivity index (χ1v) is 5.01. The topological polar surface area (TPSA) is 55.8 Å². The first-order chi connectivity index (χ1) is 6.65. The van der Waals surface area contributed by atoms with Crippen LogP contribution in [0, 0.1) is 6.92 Å². The van der Waals surface area contributed by atoms with E-state index < -0.39 is 5.97 Å². The van der Waals surface area contributed by atoms with Crippen LogP contribution < -0.4 is 4.74 Å². The third kappa shape index (κ3) is 2.71. The van der Waals surface area contributed by atoms with Crippen LogP contribution in [0.25, 0.3) is 0 Å². The molecule has 0 aliphatic rings. The Hall–Kier alpha value is -1.07. The zero-order valence-electron chi connectivity index (χ0n) is 8.07. The van der Waals surface area contributed by atoms with Crippen molar-refractivity contribution in [2.45, 2.75) is 13.8 Å². The maximum absolute atomic E-state index is 10.8. The molecule has 0 atom stereocenters. The summed E-state index contributed by atoms with van der Waals surface area (Å²) in [7, 11) is 0. The van der Waals surface area contributed by atoms with Gasteiger partial charge in [-0.15, -0.1) is 11.3 Å². The Labute approximate surface area is 86.1 Å². The van der Waals surface area contributed by atoms with Crippen molar-refractivity contribution in [3.63, 3.8) is 0 Å². The Morgan fingerprint density at radius 1 is 1.64 bits per heavy atom. The average Bonchev–Trinajstić information content (AvgIpc) is 2.47. The number of carbonyl (C=O) groups is 1. The Morgan fingerprint density at radius 2 is 2.36 bits per heavy atom. The number of aromatic carboxylic acids is 1. The summed E-state index contributed by atoms with van der Waals surface area (Å²) in [5.41, 5.74) is 0. The fourth-order valence-corrected chi connectivity index (χ4v) is 1.73. The lowest BCUT2D eigenvalue weighted by atomic mass is 10.4. The second-order valence-electron chi connectivity index (χ2n) is 2.61. The number of hydrogen-bond donors (Lipinski definition) is 1. The molecule has 1 aromatic rings. The van der Waals surface area contributed by atoms with Gasteiger partial charge in [0, 0.05) is 11.5 Å². The van der Waals surface area contributed by atoms with Crippen molar-refractivity contribution < 1.29 is 19.4 Å². The summed E-state index contributed by atoms with van der Waals surface area (Å²) in [6.45, 7) is 4.32. The number of hydrogen-bond acceptors (Lipinski definition) is 4. The predicted molar refractivity (Wildman–Crippen MR) is 53.1 cm³/mol. The predicted octanol–water partition coefficient (Wildman–Crippen LogP) is 2.13. The largest absolute Gasteiger partial charge is 0.477 e. The van der Waals surface area contributed by atoms with E-state index >= 15 is 0 Å². The van der Waals surface area contributed by atoms with Crippen LogP contribution in [0.15, 0.2) is 6.07 Å². The highest BCUT2D eigenvalue weighted by atomic mass is 32.1. The van der Waals surface area contributed by atoms with Gasteiger partial charge in [0.05, 0.1) is 0 Å². The van der Waals surface area contributed by atoms with E-state index in [2.05, 4.69) is 0 Å². The van der Waals surface area contributed by atoms with Crippen LogP contribution in [0.2, 0.25) is 0 Å². The molecule has 0 aromatic carbocycles. The van der Waals surface area contributed by atoms with Gasteiger partial charge in [0.25, 0.3) is 0 Å². The van der Waals surface area contributed by atoms with Gasteiger partial charge >= 0.3 is 5.97 Å². The van der Waals surface area contributed by atoms with E-state index in [4.69, 9.17) is 14.6 Å². The molecule has 0 amide bonds. The van der Waals surface area contributed by atoms with E-state index in [9.17, 15) is 4.79 Å². The Morgan fingerprint density at radius 3 is 2.93 bits per heavy atom. The molecule has 0 saturated heterocycles. The van der Waals surface area contributed by atoms with E-state index in [0.29, 0.717) is 12.4 Å². The van der Waals surface area contributed by atoms with Gasteiger partial charge in [-0.05, 0) is 19.9 Å². The van der Waals surface area contributed by atoms with Gasteiger partial charge in [0.1, 0.15) is 5.75 Å². The Balaban J connectivity index is 2.69. The minimum absolute atomic E-state index is 0.0902. The zero-order valence-corrected chi connectivity index (χ0v) is 8.89. The molecule has 0 aliphatic heterocycles. The second-order valence-corrected chi connectivity index (χ2v) is 3.87. The summed E-state index contributed by atoms with van der Waals surface area (Å²) in [5.74, 6) is -0.581. The Kier molecular flexibility index (Phi) is 3.91. The zero-order chi connectivity index (χ0) is 10.6. The molecule has 5 heteroatoms. The third-order valence-electron chi connectivity index (χ3n) is 1.52. The number of aryl methyl sites for hydroxylation is 1. The second kappa shape index (κ2) is 4.97. The number of carboxylic acids is 1. The fourth-order valence-electron chi connectivity index (χ4n) is 0.936. The molecule has 1 rings (SSSR count). The van der Waals surface area contributed by atoms with Gasteiger partial charge in [0.2, 0.25) is 0 Å². The maximum Gasteiger partial charge on any atom is 0.349 e. The first kappa shape index (κ1) is 11.0. The molecule has 0 bridgehead atoms. The lowest BCUT2D eigenvalue weighted by Gasteiger charge is -2.03. The molecule has 78 valence electrons. The smallest absolute Gasteiger partial charge is 0.349 e. The number of rotatable bonds is 5. The van der Waals surface area contributed by atoms with Gasteiger partial charge < -0.3 is 14.6 Å². The van der Waals surface area contributed by atoms with Crippen LogP contribution in [0.1, 0.15) is 21.5 Å². The highest BCUT2D eigenvalue weighted by Gasteiger charge is 2.14. The molecule has 4 nitrogen and oxygen atoms in total. The van der Waals surface area contributed by atoms with E-state index in [0.717, 1.165) is 4.88 Å². The SMILES string of the molecule is CCOCOc1cc(C)sc1C(=O)O. The number of ether oxygens (including phenoxy) is 2. The average molecular weight is 216 g/mol. The van der Waals surface area contributed by atoms with Crippen molar-refractivity contribution in [2.75, 3.05) is 13.4 Å². The molecular weight excluding hydrogens is 204 g/mol. The highest BCUT2D eigenvalue weighted by Crippen LogP contribution is 2.28. The molecule has 1 N–H and O–H groups in total. The quantitative estimate of drug-likeness (QED) is 0.605. The normalized spacial score (nSPS) is 10.1. The van der Waals surface area contributed by atoms with Gasteiger partial charge in [-0.1, -0.05) is 0 Å². The summed E-state index contributed by atoms with van der Waals surface area (Å²) in [6, 6.07) is 1.70. The molecular formula is C9H12O4S. The fraction of sp³-hybridized carbons (Fsp3) is 0.444. The summed E-state index contributed by atoms with van der Waals surface area (Å²) in [5, 5.41) is 8.83. The maximum atomic E-state index is 10.8. The molecule has 1 heterocycles. The van der Waals surface area contributed by atoms with Crippen molar-refractivity contribution in [1.29, 1.82) is 0 Å². The van der Waals surface area contributed by atoms with Gasteiger partial charge in [-0.2, -0.15) is 0 Å². The summed E-state index contributed by atoms with van der Waals surface area (Å²) < 4.78 is 10.1. The lowest BCUT2D eigenvalue weighted by Crippen LogP contribution is -2.04. The summed E-state index contributed by atoms with van der Waals surface area (Å²) in [4.78, 5) is 11.9. The Bertz CT molecular complexity index is 319. The molecule has 0 unspecified atom stereocenters. The standard InChI is InChI=1S/C9H12O4S/c1-3-12-5-13-7-4-6(2)14-8(7)9(10)11/h4H,3,5H2,1-2H3,(H,10,11). The summed E-state index contributed by atoms with van der Waals surface area (Å²) in [6.07, 6.45) is 0. The number of carboxylic acid groups (broad SMARTS) is 1. The van der Waals surface area contributed by atoms with Crippen LogP contribution in [0.3, 0.4) is 0 Å². The van der Waals surface area contributed by atoms with Crippen molar-refractivity contribution >= 4 is 17.3 Å². The van der Waals surface area contributed by atoms with Crippen molar-refractivity contribution in [1.82, 2.24) is 0 Å². The third-order valence-corrected chi connectivity index (χ3v) is 2.54. The monoisotopic (exact) mass is 216 g/mol. The first-order valence-electron chi connectivity index (χ1n) is 4.19. The molecule has 1 aromatic heterocycles. The summed E-state index contributed by atoms with van der Waals surface area (Å²) >= 11 is 1.20. The minimum atomic E-state index is -0.963. The number of thiophene rings is 1. The van der Waals surface area contributed by atoms with Crippen LogP contribution in [0.5, 0.6) is 5.75 Å². The van der Waals surface area contributed by atoms with Gasteiger partial charge in [-0.25, -0.2) is 4.79 Å². The molecule has 14 heavy (non-hydrogen) atoms. The van der Waals surface area contributed by atoms with Crippen LogP contribution in [-0.4, -0.2) is 24.5 Å². The van der Waals surface area contributed by atoms with Crippen molar-refractivity contribution in [3.05, 3.63) is 15.8 Å². The van der Waals surface area contributed by atoms with Crippen LogP contribution in [-0.2, 0) is 4.74 Å². The van der Waals surface area contributed by atoms with E-state index in [1.807, 2.05) is 13.8 Å². The molecule has 0 aliphatic carbocycles. The highest BCUT2D eigenvalue weighted by molar-refractivity contribution is 7.14. The van der Waals surface area contributed by atoms with E-state index in [1.165, 1.54) is 11.3 Å². The molecule has 0 saturated carbocycles. The van der Waals surface area contributed by atoms with Crippen molar-refractivity contribution in [3.8, 4) is 5.75 Å². The van der Waals surface area contributed by atoms with Crippen LogP contribution >= 0.6 is 11.3 Å². The molecule has 0 spiro atoms. The lowest BCUT2D eigenvalue weighted by molar-refractivity contribution is 0.0217. The van der Waals surface area contributed by atoms with E-state index in [1.54, 1.807) is 6.07 Å². The van der Waals surface area contributed by atoms with Gasteiger partial charge in [-0.3, -0.25) is 0 Å².